The van der Waals surface area contributed by atoms with Crippen molar-refractivity contribution in [1.29, 1.82) is 0 Å². The normalized spacial score (nSPS) is 10.4. The van der Waals surface area contributed by atoms with E-state index in [-0.39, 0.29) is 16.7 Å². The lowest BCUT2D eigenvalue weighted by molar-refractivity contribution is 0.627. The van der Waals surface area contributed by atoms with Gasteiger partial charge in [0.1, 0.15) is 23.0 Å². The average Bonchev–Trinajstić information content (AvgIpc) is 2.35. The largest absolute Gasteiger partial charge is 0.382 e. The van der Waals surface area contributed by atoms with Crippen LogP contribution in [0.25, 0.3) is 0 Å². The number of hydrogen-bond donors (Lipinski definition) is 1. The molecule has 1 aromatic carbocycles. The Bertz CT molecular complexity index is 562. The first-order chi connectivity index (χ1) is 8.63. The summed E-state index contributed by atoms with van der Waals surface area (Å²) in [7, 11) is 0. The molecule has 1 heterocycles. The first-order valence-electron chi connectivity index (χ1n) is 5.42. The molecule has 0 saturated carbocycles. The van der Waals surface area contributed by atoms with Crippen LogP contribution in [0.2, 0.25) is 5.02 Å². The minimum Gasteiger partial charge on any atom is -0.382 e. The molecule has 6 heteroatoms. The highest BCUT2D eigenvalue weighted by Crippen LogP contribution is 2.32. The zero-order chi connectivity index (χ0) is 13.1. The summed E-state index contributed by atoms with van der Waals surface area (Å²) in [5.41, 5.74) is 6.30. The minimum absolute atomic E-state index is 0.205. The lowest BCUT2D eigenvalue weighted by Crippen LogP contribution is -2.18. The molecule has 0 aliphatic rings. The second-order valence-electron chi connectivity index (χ2n) is 3.62. The van der Waals surface area contributed by atoms with Crippen LogP contribution in [0.15, 0.2) is 30.6 Å². The van der Waals surface area contributed by atoms with E-state index in [2.05, 4.69) is 9.97 Å². The van der Waals surface area contributed by atoms with Crippen molar-refractivity contribution in [2.75, 3.05) is 17.2 Å². The number of nitrogen functional groups attached to an aromatic ring is 1. The third-order valence-corrected chi connectivity index (χ3v) is 2.85. The molecule has 2 N–H and O–H groups in total. The molecule has 0 amide bonds. The summed E-state index contributed by atoms with van der Waals surface area (Å²) in [6.07, 6.45) is 1.33. The van der Waals surface area contributed by atoms with Crippen molar-refractivity contribution in [3.63, 3.8) is 0 Å². The van der Waals surface area contributed by atoms with Crippen molar-refractivity contribution in [3.05, 3.63) is 41.4 Å². The standard InChI is InChI=1S/C12H12ClFN4/c1-2-18(9-5-3-4-8(14)6-9)12-10(13)11(15)16-7-17-12/h3-7H,2H2,1H3,(H2,15,16,17). The highest BCUT2D eigenvalue weighted by Gasteiger charge is 2.15. The van der Waals surface area contributed by atoms with Crippen LogP contribution in [0.3, 0.4) is 0 Å². The Morgan fingerprint density at radius 3 is 2.83 bits per heavy atom. The van der Waals surface area contributed by atoms with Crippen LogP contribution in [0, 0.1) is 5.82 Å². The smallest absolute Gasteiger partial charge is 0.157 e. The summed E-state index contributed by atoms with van der Waals surface area (Å²) in [4.78, 5) is 9.67. The van der Waals surface area contributed by atoms with Crippen LogP contribution < -0.4 is 10.6 Å². The van der Waals surface area contributed by atoms with Gasteiger partial charge in [-0.1, -0.05) is 17.7 Å². The molecule has 0 bridgehead atoms. The molecule has 94 valence electrons. The van der Waals surface area contributed by atoms with Crippen LogP contribution in [-0.4, -0.2) is 16.5 Å². The van der Waals surface area contributed by atoms with E-state index >= 15 is 0 Å². The fourth-order valence-electron chi connectivity index (χ4n) is 1.66. The zero-order valence-electron chi connectivity index (χ0n) is 9.77. The molecule has 2 aromatic rings. The summed E-state index contributed by atoms with van der Waals surface area (Å²) in [5.74, 6) is 0.359. The summed E-state index contributed by atoms with van der Waals surface area (Å²) < 4.78 is 13.2. The topological polar surface area (TPSA) is 55.0 Å². The number of halogens is 2. The first-order valence-corrected chi connectivity index (χ1v) is 5.80. The maximum absolute atomic E-state index is 13.2. The van der Waals surface area contributed by atoms with Gasteiger partial charge in [0.15, 0.2) is 5.82 Å². The van der Waals surface area contributed by atoms with Gasteiger partial charge in [-0.25, -0.2) is 14.4 Å². The van der Waals surface area contributed by atoms with E-state index < -0.39 is 0 Å². The van der Waals surface area contributed by atoms with Crippen LogP contribution in [0.5, 0.6) is 0 Å². The molecule has 2 rings (SSSR count). The van der Waals surface area contributed by atoms with Gasteiger partial charge in [0, 0.05) is 12.2 Å². The molecule has 0 spiro atoms. The number of nitrogens with zero attached hydrogens (tertiary/aromatic N) is 3. The minimum atomic E-state index is -0.316. The van der Waals surface area contributed by atoms with E-state index in [0.717, 1.165) is 0 Å². The van der Waals surface area contributed by atoms with Gasteiger partial charge in [-0.15, -0.1) is 0 Å². The summed E-state index contributed by atoms with van der Waals surface area (Å²) >= 11 is 6.07. The van der Waals surface area contributed by atoms with Gasteiger partial charge in [-0.2, -0.15) is 0 Å². The zero-order valence-corrected chi connectivity index (χ0v) is 10.5. The van der Waals surface area contributed by atoms with Crippen molar-refractivity contribution >= 4 is 28.9 Å². The lowest BCUT2D eigenvalue weighted by Gasteiger charge is -2.23. The Morgan fingerprint density at radius 1 is 1.39 bits per heavy atom. The molecule has 0 radical (unpaired) electrons. The second kappa shape index (κ2) is 5.18. The van der Waals surface area contributed by atoms with Crippen molar-refractivity contribution in [2.24, 2.45) is 0 Å². The van der Waals surface area contributed by atoms with E-state index in [9.17, 15) is 4.39 Å². The highest BCUT2D eigenvalue weighted by atomic mass is 35.5. The van der Waals surface area contributed by atoms with Crippen molar-refractivity contribution in [1.82, 2.24) is 9.97 Å². The van der Waals surface area contributed by atoms with Crippen molar-refractivity contribution < 1.29 is 4.39 Å². The Morgan fingerprint density at radius 2 is 2.17 bits per heavy atom. The summed E-state index contributed by atoms with van der Waals surface area (Å²) in [5, 5.41) is 0.267. The number of hydrogen-bond acceptors (Lipinski definition) is 4. The van der Waals surface area contributed by atoms with Crippen LogP contribution in [0.4, 0.5) is 21.7 Å². The maximum Gasteiger partial charge on any atom is 0.157 e. The summed E-state index contributed by atoms with van der Waals surface area (Å²) in [6.45, 7) is 2.50. The third kappa shape index (κ3) is 2.36. The van der Waals surface area contributed by atoms with Crippen LogP contribution in [0.1, 0.15) is 6.92 Å². The van der Waals surface area contributed by atoms with Crippen molar-refractivity contribution in [2.45, 2.75) is 6.92 Å². The van der Waals surface area contributed by atoms with Crippen LogP contribution >= 0.6 is 11.6 Å². The van der Waals surface area contributed by atoms with Gasteiger partial charge >= 0.3 is 0 Å². The Balaban J connectivity index is 2.49. The molecular formula is C12H12ClFN4. The molecule has 4 nitrogen and oxygen atoms in total. The fourth-order valence-corrected chi connectivity index (χ4v) is 1.86. The Hall–Kier alpha value is -1.88. The van der Waals surface area contributed by atoms with Gasteiger partial charge in [-0.05, 0) is 25.1 Å². The number of aromatic nitrogens is 2. The average molecular weight is 267 g/mol. The molecule has 0 saturated heterocycles. The lowest BCUT2D eigenvalue weighted by atomic mass is 10.2. The predicted molar refractivity (Wildman–Crippen MR) is 70.5 cm³/mol. The van der Waals surface area contributed by atoms with E-state index in [0.29, 0.717) is 18.1 Å². The molecule has 0 fully saturated rings. The second-order valence-corrected chi connectivity index (χ2v) is 4.00. The monoisotopic (exact) mass is 266 g/mol. The first kappa shape index (κ1) is 12.6. The van der Waals surface area contributed by atoms with Crippen molar-refractivity contribution in [3.8, 4) is 0 Å². The van der Waals surface area contributed by atoms with Gasteiger partial charge in [0.25, 0.3) is 0 Å². The molecule has 18 heavy (non-hydrogen) atoms. The molecular weight excluding hydrogens is 255 g/mol. The van der Waals surface area contributed by atoms with Crippen LogP contribution in [-0.2, 0) is 0 Å². The molecule has 0 aliphatic carbocycles. The number of nitrogens with two attached hydrogens (primary N) is 1. The molecule has 1 aromatic heterocycles. The third-order valence-electron chi connectivity index (χ3n) is 2.49. The molecule has 0 atom stereocenters. The van der Waals surface area contributed by atoms with Gasteiger partial charge in [0.2, 0.25) is 0 Å². The van der Waals surface area contributed by atoms with E-state index in [4.69, 9.17) is 17.3 Å². The van der Waals surface area contributed by atoms with Gasteiger partial charge < -0.3 is 10.6 Å². The highest BCUT2D eigenvalue weighted by molar-refractivity contribution is 6.35. The maximum atomic E-state index is 13.2. The van der Waals surface area contributed by atoms with Gasteiger partial charge in [0.05, 0.1) is 0 Å². The quantitative estimate of drug-likeness (QED) is 0.928. The van der Waals surface area contributed by atoms with Gasteiger partial charge in [-0.3, -0.25) is 0 Å². The van der Waals surface area contributed by atoms with E-state index in [1.165, 1.54) is 18.5 Å². The predicted octanol–water partition coefficient (Wildman–Crippen LogP) is 3.01. The number of rotatable bonds is 3. The summed E-state index contributed by atoms with van der Waals surface area (Å²) in [6, 6.07) is 6.21. The Kier molecular flexibility index (Phi) is 3.62. The molecule has 0 unspecified atom stereocenters. The number of anilines is 3. The Labute approximate surface area is 109 Å². The SMILES string of the molecule is CCN(c1cccc(F)c1)c1ncnc(N)c1Cl. The molecule has 0 aliphatic heterocycles. The van der Waals surface area contributed by atoms with E-state index in [1.807, 2.05) is 6.92 Å². The number of benzene rings is 1. The van der Waals surface area contributed by atoms with E-state index in [1.54, 1.807) is 17.0 Å². The fraction of sp³-hybridized carbons (Fsp3) is 0.167.